The molecular weight excluding hydrogens is 214 g/mol. The average Bonchev–Trinajstić information content (AvgIpc) is 2.09. The highest BCUT2D eigenvalue weighted by atomic mass is 16.6. The van der Waals surface area contributed by atoms with Gasteiger partial charge in [-0.3, -0.25) is 0 Å². The van der Waals surface area contributed by atoms with Gasteiger partial charge in [-0.25, -0.2) is 9.59 Å². The van der Waals surface area contributed by atoms with Crippen LogP contribution in [-0.2, 0) is 9.53 Å². The fraction of sp³-hybridized carbons (Fsp3) is 0.800. The van der Waals surface area contributed by atoms with E-state index in [0.29, 0.717) is 0 Å². The van der Waals surface area contributed by atoms with Gasteiger partial charge in [-0.15, -0.1) is 0 Å². The number of rotatable bonds is 4. The number of nitrogens with one attached hydrogen (secondary N) is 1. The van der Waals surface area contributed by atoms with E-state index >= 15 is 0 Å². The summed E-state index contributed by atoms with van der Waals surface area (Å²) in [7, 11) is 0. The zero-order valence-electron chi connectivity index (χ0n) is 9.98. The third kappa shape index (κ3) is 5.55. The van der Waals surface area contributed by atoms with Gasteiger partial charge in [0.25, 0.3) is 0 Å². The van der Waals surface area contributed by atoms with Crippen molar-refractivity contribution in [2.75, 3.05) is 0 Å². The molecule has 0 aliphatic carbocycles. The summed E-state index contributed by atoms with van der Waals surface area (Å²) in [6, 6.07) is -1.35. The largest absolute Gasteiger partial charge is 0.480 e. The number of hydrogen-bond acceptors (Lipinski definition) is 4. The van der Waals surface area contributed by atoms with Gasteiger partial charge in [0.2, 0.25) is 0 Å². The Morgan fingerprint density at radius 1 is 1.38 bits per heavy atom. The van der Waals surface area contributed by atoms with E-state index in [9.17, 15) is 14.7 Å². The third-order valence-electron chi connectivity index (χ3n) is 1.74. The van der Waals surface area contributed by atoms with Crippen molar-refractivity contribution in [2.45, 2.75) is 51.9 Å². The van der Waals surface area contributed by atoms with Crippen LogP contribution in [0.5, 0.6) is 0 Å². The number of aliphatic carboxylic acids is 1. The Morgan fingerprint density at radius 3 is 2.19 bits per heavy atom. The van der Waals surface area contributed by atoms with Crippen LogP contribution in [0.4, 0.5) is 4.79 Å². The van der Waals surface area contributed by atoms with Crippen LogP contribution in [-0.4, -0.2) is 40.0 Å². The Hall–Kier alpha value is -1.30. The van der Waals surface area contributed by atoms with Crippen molar-refractivity contribution in [2.24, 2.45) is 0 Å². The molecule has 0 unspecified atom stereocenters. The molecule has 3 N–H and O–H groups in total. The fourth-order valence-corrected chi connectivity index (χ4v) is 0.993. The second kappa shape index (κ2) is 5.69. The van der Waals surface area contributed by atoms with Crippen molar-refractivity contribution >= 4 is 12.1 Å². The fourth-order valence-electron chi connectivity index (χ4n) is 0.993. The standard InChI is InChI=1S/C10H19NO5/c1-5-6(12)7(8(13)14)11-9(15)16-10(2,3)4/h6-7,12H,5H2,1-4H3,(H,11,15)(H,13,14)/t6-,7-/m1/s1. The van der Waals surface area contributed by atoms with Crippen LogP contribution < -0.4 is 5.32 Å². The number of hydrogen-bond donors (Lipinski definition) is 3. The zero-order valence-corrected chi connectivity index (χ0v) is 9.98. The van der Waals surface area contributed by atoms with Crippen molar-refractivity contribution in [1.29, 1.82) is 0 Å². The van der Waals surface area contributed by atoms with Crippen molar-refractivity contribution in [3.05, 3.63) is 0 Å². The van der Waals surface area contributed by atoms with Crippen molar-refractivity contribution in [3.63, 3.8) is 0 Å². The number of aliphatic hydroxyl groups is 1. The molecular formula is C10H19NO5. The summed E-state index contributed by atoms with van der Waals surface area (Å²) in [4.78, 5) is 22.1. The van der Waals surface area contributed by atoms with E-state index in [4.69, 9.17) is 9.84 Å². The summed E-state index contributed by atoms with van der Waals surface area (Å²) < 4.78 is 4.89. The van der Waals surface area contributed by atoms with E-state index in [1.165, 1.54) is 0 Å². The SMILES string of the molecule is CC[C@@H](O)[C@@H](NC(=O)OC(C)(C)C)C(=O)O. The Labute approximate surface area is 94.6 Å². The monoisotopic (exact) mass is 233 g/mol. The minimum atomic E-state index is -1.35. The number of carboxylic acid groups (broad SMARTS) is 1. The highest BCUT2D eigenvalue weighted by Crippen LogP contribution is 2.08. The van der Waals surface area contributed by atoms with Crippen LogP contribution in [0.3, 0.4) is 0 Å². The van der Waals surface area contributed by atoms with Gasteiger partial charge in [0, 0.05) is 0 Å². The quantitative estimate of drug-likeness (QED) is 0.665. The molecule has 0 bridgehead atoms. The van der Waals surface area contributed by atoms with Crippen molar-refractivity contribution < 1.29 is 24.5 Å². The molecule has 0 saturated heterocycles. The summed E-state index contributed by atoms with van der Waals surface area (Å²) in [6.07, 6.45) is -1.76. The average molecular weight is 233 g/mol. The molecule has 0 aliphatic rings. The molecule has 0 aromatic carbocycles. The normalized spacial score (nSPS) is 15.1. The first-order valence-electron chi connectivity index (χ1n) is 5.07. The minimum Gasteiger partial charge on any atom is -0.480 e. The molecule has 6 nitrogen and oxygen atoms in total. The summed E-state index contributed by atoms with van der Waals surface area (Å²) in [6.45, 7) is 6.62. The summed E-state index contributed by atoms with van der Waals surface area (Å²) >= 11 is 0. The molecule has 94 valence electrons. The van der Waals surface area contributed by atoms with Gasteiger partial charge in [-0.05, 0) is 27.2 Å². The number of ether oxygens (including phenoxy) is 1. The molecule has 0 fully saturated rings. The molecule has 0 aromatic heterocycles. The molecule has 0 rings (SSSR count). The Morgan fingerprint density at radius 2 is 1.88 bits per heavy atom. The number of carboxylic acids is 1. The van der Waals surface area contributed by atoms with Crippen LogP contribution >= 0.6 is 0 Å². The van der Waals surface area contributed by atoms with Crippen LogP contribution in [0.2, 0.25) is 0 Å². The van der Waals surface area contributed by atoms with E-state index in [-0.39, 0.29) is 6.42 Å². The second-order valence-electron chi connectivity index (χ2n) is 4.44. The van der Waals surface area contributed by atoms with Gasteiger partial charge < -0.3 is 20.3 Å². The third-order valence-corrected chi connectivity index (χ3v) is 1.74. The summed E-state index contributed by atoms with van der Waals surface area (Å²) in [5, 5.41) is 20.3. The Balaban J connectivity index is 4.42. The lowest BCUT2D eigenvalue weighted by atomic mass is 10.1. The van der Waals surface area contributed by atoms with Crippen LogP contribution in [0.15, 0.2) is 0 Å². The highest BCUT2D eigenvalue weighted by Gasteiger charge is 2.28. The molecule has 6 heteroatoms. The van der Waals surface area contributed by atoms with E-state index in [2.05, 4.69) is 5.32 Å². The van der Waals surface area contributed by atoms with E-state index in [1.807, 2.05) is 0 Å². The smallest absolute Gasteiger partial charge is 0.408 e. The second-order valence-corrected chi connectivity index (χ2v) is 4.44. The first-order valence-corrected chi connectivity index (χ1v) is 5.07. The maximum absolute atomic E-state index is 11.3. The van der Waals surface area contributed by atoms with E-state index < -0.39 is 29.8 Å². The van der Waals surface area contributed by atoms with Gasteiger partial charge in [0.05, 0.1) is 6.10 Å². The lowest BCUT2D eigenvalue weighted by molar-refractivity contribution is -0.142. The molecule has 0 radical (unpaired) electrons. The minimum absolute atomic E-state index is 0.229. The van der Waals surface area contributed by atoms with Crippen LogP contribution in [0.1, 0.15) is 34.1 Å². The molecule has 16 heavy (non-hydrogen) atoms. The van der Waals surface area contributed by atoms with Crippen LogP contribution in [0.25, 0.3) is 0 Å². The van der Waals surface area contributed by atoms with Gasteiger partial charge >= 0.3 is 12.1 Å². The number of carbonyl (C=O) groups is 2. The maximum atomic E-state index is 11.3. The molecule has 0 saturated carbocycles. The lowest BCUT2D eigenvalue weighted by Gasteiger charge is -2.23. The lowest BCUT2D eigenvalue weighted by Crippen LogP contribution is -2.49. The van der Waals surface area contributed by atoms with Gasteiger partial charge in [-0.2, -0.15) is 0 Å². The predicted octanol–water partition coefficient (Wildman–Crippen LogP) is 0.735. The van der Waals surface area contributed by atoms with Gasteiger partial charge in [0.15, 0.2) is 6.04 Å². The first kappa shape index (κ1) is 14.7. The number of alkyl carbamates (subject to hydrolysis) is 1. The van der Waals surface area contributed by atoms with Crippen LogP contribution in [0, 0.1) is 0 Å². The molecule has 1 amide bonds. The Bertz CT molecular complexity index is 258. The zero-order chi connectivity index (χ0) is 12.9. The highest BCUT2D eigenvalue weighted by molar-refractivity contribution is 5.80. The van der Waals surface area contributed by atoms with Gasteiger partial charge in [0.1, 0.15) is 5.60 Å². The molecule has 0 heterocycles. The van der Waals surface area contributed by atoms with E-state index in [1.54, 1.807) is 27.7 Å². The molecule has 0 aliphatic heterocycles. The molecule has 0 aromatic rings. The van der Waals surface area contributed by atoms with Crippen molar-refractivity contribution in [3.8, 4) is 0 Å². The predicted molar refractivity (Wildman–Crippen MR) is 57.1 cm³/mol. The van der Waals surface area contributed by atoms with Gasteiger partial charge in [-0.1, -0.05) is 6.92 Å². The number of aliphatic hydroxyl groups excluding tert-OH is 1. The summed E-state index contributed by atoms with van der Waals surface area (Å²) in [5.41, 5.74) is -0.704. The Kier molecular flexibility index (Phi) is 5.23. The first-order chi connectivity index (χ1) is 7.17. The maximum Gasteiger partial charge on any atom is 0.408 e. The molecule has 0 spiro atoms. The van der Waals surface area contributed by atoms with E-state index in [0.717, 1.165) is 0 Å². The van der Waals surface area contributed by atoms with Crippen molar-refractivity contribution in [1.82, 2.24) is 5.32 Å². The number of amides is 1. The topological polar surface area (TPSA) is 95.9 Å². The number of carbonyl (C=O) groups excluding carboxylic acids is 1. The summed E-state index contributed by atoms with van der Waals surface area (Å²) in [5.74, 6) is -1.29. The molecule has 2 atom stereocenters.